The zero-order chi connectivity index (χ0) is 21.3. The van der Waals surface area contributed by atoms with Crippen molar-refractivity contribution in [1.82, 2.24) is 15.0 Å². The minimum absolute atomic E-state index is 0.0872. The van der Waals surface area contributed by atoms with E-state index in [1.54, 1.807) is 41.9 Å². The second-order valence-corrected chi connectivity index (χ2v) is 6.60. The van der Waals surface area contributed by atoms with Gasteiger partial charge < -0.3 is 4.57 Å². The summed E-state index contributed by atoms with van der Waals surface area (Å²) in [4.78, 5) is 29.0. The minimum Gasteiger partial charge on any atom is -0.300 e. The van der Waals surface area contributed by atoms with E-state index in [2.05, 4.69) is 4.98 Å². The maximum Gasteiger partial charge on any atom is 0.278 e. The number of amides is 1. The molecule has 0 aliphatic rings. The van der Waals surface area contributed by atoms with E-state index in [0.29, 0.717) is 22.7 Å². The van der Waals surface area contributed by atoms with Gasteiger partial charge in [-0.05, 0) is 42.0 Å². The number of hydrogen-bond donors (Lipinski definition) is 2. The highest BCUT2D eigenvalue weighted by atomic mass is 19.1. The van der Waals surface area contributed by atoms with Crippen LogP contribution < -0.4 is 11.0 Å². The molecule has 2 N–H and O–H groups in total. The van der Waals surface area contributed by atoms with Crippen molar-refractivity contribution >= 4 is 16.9 Å². The summed E-state index contributed by atoms with van der Waals surface area (Å²) in [6.07, 6.45) is 0. The van der Waals surface area contributed by atoms with Gasteiger partial charge in [0.25, 0.3) is 11.5 Å². The fourth-order valence-electron chi connectivity index (χ4n) is 3.22. The van der Waals surface area contributed by atoms with Crippen molar-refractivity contribution in [3.05, 3.63) is 99.8 Å². The molecule has 8 heteroatoms. The second kappa shape index (κ2) is 7.84. The van der Waals surface area contributed by atoms with E-state index in [9.17, 15) is 18.4 Å². The van der Waals surface area contributed by atoms with E-state index in [-0.39, 0.29) is 23.4 Å². The zero-order valence-electron chi connectivity index (χ0n) is 15.5. The number of carbonyl (C=O) groups excluding carboxylic acids is 1. The van der Waals surface area contributed by atoms with Gasteiger partial charge in [0.2, 0.25) is 0 Å². The van der Waals surface area contributed by atoms with Crippen molar-refractivity contribution in [1.29, 1.82) is 0 Å². The molecule has 0 fully saturated rings. The molecule has 0 saturated heterocycles. The molecular formula is C22H15F2N3O3. The Morgan fingerprint density at radius 2 is 1.77 bits per heavy atom. The standard InChI is InChI=1S/C22H15F2N3O3/c23-15-9-10-16(17(24)11-15)20-22(29)27(19-4-2-1-3-18(19)25-20)12-13-5-7-14(8-6-13)21(28)26-30/h1-11,30H,12H2,(H,26,28). The van der Waals surface area contributed by atoms with E-state index in [4.69, 9.17) is 5.21 Å². The van der Waals surface area contributed by atoms with Gasteiger partial charge in [-0.3, -0.25) is 14.8 Å². The van der Waals surface area contributed by atoms with Crippen LogP contribution in [0.25, 0.3) is 22.3 Å². The maximum atomic E-state index is 14.3. The van der Waals surface area contributed by atoms with Crippen molar-refractivity contribution in [2.45, 2.75) is 6.54 Å². The summed E-state index contributed by atoms with van der Waals surface area (Å²) in [7, 11) is 0. The normalized spacial score (nSPS) is 10.9. The van der Waals surface area contributed by atoms with Crippen molar-refractivity contribution in [3.63, 3.8) is 0 Å². The molecule has 3 aromatic carbocycles. The molecule has 0 radical (unpaired) electrons. The van der Waals surface area contributed by atoms with Crippen molar-refractivity contribution in [2.75, 3.05) is 0 Å². The van der Waals surface area contributed by atoms with E-state index >= 15 is 0 Å². The summed E-state index contributed by atoms with van der Waals surface area (Å²) < 4.78 is 29.1. The lowest BCUT2D eigenvalue weighted by atomic mass is 10.1. The molecule has 1 heterocycles. The summed E-state index contributed by atoms with van der Waals surface area (Å²) in [5.41, 5.74) is 2.79. The molecule has 0 bridgehead atoms. The third kappa shape index (κ3) is 3.56. The fraction of sp³-hybridized carbons (Fsp3) is 0.0455. The van der Waals surface area contributed by atoms with Crippen LogP contribution >= 0.6 is 0 Å². The Kier molecular flexibility index (Phi) is 5.07. The lowest BCUT2D eigenvalue weighted by molar-refractivity contribution is 0.0706. The van der Waals surface area contributed by atoms with Crippen molar-refractivity contribution < 1.29 is 18.8 Å². The number of halogens is 2. The number of nitrogens with zero attached hydrogens (tertiary/aromatic N) is 2. The third-order valence-electron chi connectivity index (χ3n) is 4.70. The van der Waals surface area contributed by atoms with E-state index in [1.165, 1.54) is 22.8 Å². The second-order valence-electron chi connectivity index (χ2n) is 6.60. The first kappa shape index (κ1) is 19.4. The van der Waals surface area contributed by atoms with Crippen LogP contribution in [-0.2, 0) is 6.54 Å². The number of aromatic nitrogens is 2. The van der Waals surface area contributed by atoms with Crippen LogP contribution in [-0.4, -0.2) is 20.7 Å². The molecule has 0 saturated carbocycles. The number of hydrogen-bond acceptors (Lipinski definition) is 4. The van der Waals surface area contributed by atoms with Crippen LogP contribution in [0.3, 0.4) is 0 Å². The van der Waals surface area contributed by atoms with Gasteiger partial charge >= 0.3 is 0 Å². The van der Waals surface area contributed by atoms with Gasteiger partial charge in [-0.1, -0.05) is 24.3 Å². The first-order valence-electron chi connectivity index (χ1n) is 8.96. The van der Waals surface area contributed by atoms with Crippen LogP contribution in [0.4, 0.5) is 8.78 Å². The first-order chi connectivity index (χ1) is 14.5. The van der Waals surface area contributed by atoms with Gasteiger partial charge in [0.15, 0.2) is 0 Å². The highest BCUT2D eigenvalue weighted by molar-refractivity contribution is 5.93. The van der Waals surface area contributed by atoms with E-state index in [0.717, 1.165) is 6.07 Å². The SMILES string of the molecule is O=C(NO)c1ccc(Cn2c(=O)c(-c3ccc(F)cc3F)nc3ccccc32)cc1. The molecule has 0 aliphatic carbocycles. The van der Waals surface area contributed by atoms with Crippen molar-refractivity contribution in [3.8, 4) is 11.3 Å². The number of para-hydroxylation sites is 2. The fourth-order valence-corrected chi connectivity index (χ4v) is 3.22. The number of nitrogens with one attached hydrogen (secondary N) is 1. The monoisotopic (exact) mass is 407 g/mol. The Bertz CT molecular complexity index is 1320. The van der Waals surface area contributed by atoms with Crippen molar-refractivity contribution in [2.24, 2.45) is 0 Å². The van der Waals surface area contributed by atoms with E-state index in [1.807, 2.05) is 0 Å². The Morgan fingerprint density at radius 3 is 2.47 bits per heavy atom. The molecule has 0 spiro atoms. The minimum atomic E-state index is -0.874. The first-order valence-corrected chi connectivity index (χ1v) is 8.96. The third-order valence-corrected chi connectivity index (χ3v) is 4.70. The molecule has 1 aromatic heterocycles. The molecule has 4 aromatic rings. The molecule has 0 aliphatic heterocycles. The predicted octanol–water partition coefficient (Wildman–Crippen LogP) is 3.51. The molecular weight excluding hydrogens is 392 g/mol. The molecule has 0 unspecified atom stereocenters. The van der Waals surface area contributed by atoms with Crippen LogP contribution in [0, 0.1) is 11.6 Å². The Morgan fingerprint density at radius 1 is 1.03 bits per heavy atom. The smallest absolute Gasteiger partial charge is 0.278 e. The Balaban J connectivity index is 1.85. The van der Waals surface area contributed by atoms with Crippen LogP contribution in [0.2, 0.25) is 0 Å². The lowest BCUT2D eigenvalue weighted by Crippen LogP contribution is -2.24. The predicted molar refractivity (Wildman–Crippen MR) is 106 cm³/mol. The number of hydroxylamine groups is 1. The largest absolute Gasteiger partial charge is 0.300 e. The molecule has 30 heavy (non-hydrogen) atoms. The van der Waals surface area contributed by atoms with Gasteiger partial charge in [-0.15, -0.1) is 0 Å². The summed E-state index contributed by atoms with van der Waals surface area (Å²) in [5, 5.41) is 8.72. The van der Waals surface area contributed by atoms with Gasteiger partial charge in [0.1, 0.15) is 17.3 Å². The number of carbonyl (C=O) groups is 1. The average molecular weight is 407 g/mol. The molecule has 150 valence electrons. The van der Waals surface area contributed by atoms with Gasteiger partial charge in [0, 0.05) is 17.2 Å². The summed E-state index contributed by atoms with van der Waals surface area (Å²) in [6.45, 7) is 0.138. The van der Waals surface area contributed by atoms with Gasteiger partial charge in [-0.2, -0.15) is 0 Å². The van der Waals surface area contributed by atoms with Gasteiger partial charge in [0.05, 0.1) is 17.6 Å². The topological polar surface area (TPSA) is 84.2 Å². The average Bonchev–Trinajstić information content (AvgIpc) is 2.76. The molecule has 0 atom stereocenters. The summed E-state index contributed by atoms with van der Waals surface area (Å²) >= 11 is 0. The molecule has 1 amide bonds. The highest BCUT2D eigenvalue weighted by Gasteiger charge is 2.17. The van der Waals surface area contributed by atoms with Crippen LogP contribution in [0.1, 0.15) is 15.9 Å². The van der Waals surface area contributed by atoms with Gasteiger partial charge in [-0.25, -0.2) is 19.2 Å². The number of rotatable bonds is 4. The Labute approximate surface area is 169 Å². The lowest BCUT2D eigenvalue weighted by Gasteiger charge is -2.13. The quantitative estimate of drug-likeness (QED) is 0.401. The maximum absolute atomic E-state index is 14.3. The number of fused-ring (bicyclic) bond motifs is 1. The zero-order valence-corrected chi connectivity index (χ0v) is 15.5. The highest BCUT2D eigenvalue weighted by Crippen LogP contribution is 2.22. The van der Waals surface area contributed by atoms with E-state index < -0.39 is 23.1 Å². The Hall–Kier alpha value is -3.91. The van der Waals surface area contributed by atoms with Crippen LogP contribution in [0.15, 0.2) is 71.5 Å². The summed E-state index contributed by atoms with van der Waals surface area (Å²) in [5.74, 6) is -2.27. The molecule has 4 rings (SSSR count). The summed E-state index contributed by atoms with van der Waals surface area (Å²) in [6, 6.07) is 16.2. The van der Waals surface area contributed by atoms with Crippen LogP contribution in [0.5, 0.6) is 0 Å². The number of benzene rings is 3. The molecule has 6 nitrogen and oxygen atoms in total.